The zero-order chi connectivity index (χ0) is 13.1. The Morgan fingerprint density at radius 3 is 2.41 bits per heavy atom. The third-order valence-electron chi connectivity index (χ3n) is 2.43. The molecule has 1 aromatic rings. The van der Waals surface area contributed by atoms with Gasteiger partial charge < -0.3 is 5.32 Å². The molecule has 1 rings (SSSR count). The van der Waals surface area contributed by atoms with Gasteiger partial charge in [-0.1, -0.05) is 25.1 Å². The standard InChI is InChI=1S/C12H14F3NO/c1-3-11(16-8(2)17)9-6-4-5-7-10(9)12(13,14)15/h4-7,11H,3H2,1-2H3,(H,16,17). The van der Waals surface area contributed by atoms with Gasteiger partial charge in [-0.05, 0) is 18.1 Å². The monoisotopic (exact) mass is 245 g/mol. The third-order valence-corrected chi connectivity index (χ3v) is 2.43. The molecule has 0 heterocycles. The van der Waals surface area contributed by atoms with Crippen molar-refractivity contribution in [3.63, 3.8) is 0 Å². The number of halogens is 3. The van der Waals surface area contributed by atoms with Gasteiger partial charge >= 0.3 is 6.18 Å². The van der Waals surface area contributed by atoms with Gasteiger partial charge in [0.2, 0.25) is 5.91 Å². The Morgan fingerprint density at radius 2 is 1.94 bits per heavy atom. The first-order chi connectivity index (χ1) is 7.86. The maximum absolute atomic E-state index is 12.8. The summed E-state index contributed by atoms with van der Waals surface area (Å²) < 4.78 is 38.3. The highest BCUT2D eigenvalue weighted by Crippen LogP contribution is 2.35. The number of rotatable bonds is 3. The molecule has 0 fully saturated rings. The number of hydrogen-bond acceptors (Lipinski definition) is 1. The molecule has 1 atom stereocenters. The second kappa shape index (κ2) is 5.21. The summed E-state index contributed by atoms with van der Waals surface area (Å²) in [6.07, 6.45) is -3.99. The lowest BCUT2D eigenvalue weighted by Gasteiger charge is -2.21. The van der Waals surface area contributed by atoms with E-state index in [1.54, 1.807) is 6.92 Å². The number of carbonyl (C=O) groups excluding carboxylic acids is 1. The highest BCUT2D eigenvalue weighted by atomic mass is 19.4. The summed E-state index contributed by atoms with van der Waals surface area (Å²) in [6.45, 7) is 3.02. The van der Waals surface area contributed by atoms with Crippen LogP contribution in [0.5, 0.6) is 0 Å². The van der Waals surface area contributed by atoms with E-state index in [0.29, 0.717) is 6.42 Å². The normalized spacial score (nSPS) is 13.2. The van der Waals surface area contributed by atoms with Crippen LogP contribution in [0, 0.1) is 0 Å². The van der Waals surface area contributed by atoms with Crippen LogP contribution in [0.1, 0.15) is 37.4 Å². The van der Waals surface area contributed by atoms with E-state index >= 15 is 0 Å². The van der Waals surface area contributed by atoms with Crippen LogP contribution in [0.25, 0.3) is 0 Å². The summed E-state index contributed by atoms with van der Waals surface area (Å²) in [6, 6.07) is 4.69. The number of carbonyl (C=O) groups is 1. The Balaban J connectivity index is 3.15. The molecule has 5 heteroatoms. The van der Waals surface area contributed by atoms with Crippen LogP contribution in [0.4, 0.5) is 13.2 Å². The molecule has 0 aliphatic carbocycles. The Labute approximate surface area is 97.8 Å². The number of amides is 1. The van der Waals surface area contributed by atoms with E-state index in [2.05, 4.69) is 5.32 Å². The second-order valence-corrected chi connectivity index (χ2v) is 3.75. The van der Waals surface area contributed by atoms with Crippen molar-refractivity contribution in [2.75, 3.05) is 0 Å². The predicted octanol–water partition coefficient (Wildman–Crippen LogP) is 3.29. The van der Waals surface area contributed by atoms with E-state index in [9.17, 15) is 18.0 Å². The van der Waals surface area contributed by atoms with Gasteiger partial charge in [-0.3, -0.25) is 4.79 Å². The van der Waals surface area contributed by atoms with Gasteiger partial charge in [-0.25, -0.2) is 0 Å². The van der Waals surface area contributed by atoms with Crippen LogP contribution in [0.15, 0.2) is 24.3 Å². The summed E-state index contributed by atoms with van der Waals surface area (Å²) in [5.74, 6) is -0.339. The Bertz CT molecular complexity index is 401. The topological polar surface area (TPSA) is 29.1 Å². The first-order valence-electron chi connectivity index (χ1n) is 5.29. The molecule has 0 aliphatic rings. The van der Waals surface area contributed by atoms with Crippen LogP contribution >= 0.6 is 0 Å². The zero-order valence-corrected chi connectivity index (χ0v) is 9.64. The van der Waals surface area contributed by atoms with Crippen molar-refractivity contribution in [2.24, 2.45) is 0 Å². The molecule has 0 aliphatic heterocycles. The fourth-order valence-electron chi connectivity index (χ4n) is 1.70. The van der Waals surface area contributed by atoms with Crippen molar-refractivity contribution >= 4 is 5.91 Å². The molecule has 2 nitrogen and oxygen atoms in total. The molecule has 1 N–H and O–H groups in total. The summed E-state index contributed by atoms with van der Waals surface area (Å²) in [4.78, 5) is 11.0. The lowest BCUT2D eigenvalue weighted by Crippen LogP contribution is -2.27. The smallest absolute Gasteiger partial charge is 0.350 e. The van der Waals surface area contributed by atoms with Crippen LogP contribution in [0.3, 0.4) is 0 Å². The van der Waals surface area contributed by atoms with Crippen molar-refractivity contribution in [3.05, 3.63) is 35.4 Å². The van der Waals surface area contributed by atoms with Gasteiger partial charge in [0.15, 0.2) is 0 Å². The van der Waals surface area contributed by atoms with E-state index in [1.165, 1.54) is 25.1 Å². The SMILES string of the molecule is CCC(NC(C)=O)c1ccccc1C(F)(F)F. The second-order valence-electron chi connectivity index (χ2n) is 3.75. The Kier molecular flexibility index (Phi) is 4.15. The van der Waals surface area contributed by atoms with Gasteiger partial charge in [0.1, 0.15) is 0 Å². The lowest BCUT2D eigenvalue weighted by molar-refractivity contribution is -0.138. The quantitative estimate of drug-likeness (QED) is 0.869. The van der Waals surface area contributed by atoms with E-state index in [1.807, 2.05) is 0 Å². The molecular formula is C12H14F3NO. The largest absolute Gasteiger partial charge is 0.416 e. The molecule has 17 heavy (non-hydrogen) atoms. The molecule has 1 unspecified atom stereocenters. The maximum Gasteiger partial charge on any atom is 0.416 e. The molecule has 0 radical (unpaired) electrons. The first kappa shape index (κ1) is 13.5. The highest BCUT2D eigenvalue weighted by molar-refractivity contribution is 5.73. The van der Waals surface area contributed by atoms with Crippen molar-refractivity contribution in [3.8, 4) is 0 Å². The van der Waals surface area contributed by atoms with Crippen LogP contribution in [-0.2, 0) is 11.0 Å². The van der Waals surface area contributed by atoms with E-state index < -0.39 is 17.8 Å². The van der Waals surface area contributed by atoms with Gasteiger partial charge in [0.25, 0.3) is 0 Å². The molecule has 94 valence electrons. The minimum Gasteiger partial charge on any atom is -0.350 e. The lowest BCUT2D eigenvalue weighted by atomic mass is 9.98. The summed E-state index contributed by atoms with van der Waals surface area (Å²) >= 11 is 0. The fourth-order valence-corrected chi connectivity index (χ4v) is 1.70. The molecule has 0 saturated heterocycles. The predicted molar refractivity (Wildman–Crippen MR) is 58.3 cm³/mol. The number of hydrogen-bond donors (Lipinski definition) is 1. The van der Waals surface area contributed by atoms with Gasteiger partial charge in [0.05, 0.1) is 11.6 Å². The summed E-state index contributed by atoms with van der Waals surface area (Å²) in [5, 5.41) is 2.52. The first-order valence-corrected chi connectivity index (χ1v) is 5.29. The van der Waals surface area contributed by atoms with Gasteiger partial charge in [-0.2, -0.15) is 13.2 Å². The van der Waals surface area contributed by atoms with Crippen molar-refractivity contribution < 1.29 is 18.0 Å². The zero-order valence-electron chi connectivity index (χ0n) is 9.64. The molecule has 0 spiro atoms. The van der Waals surface area contributed by atoms with Crippen molar-refractivity contribution in [1.82, 2.24) is 5.32 Å². The minimum absolute atomic E-state index is 0.109. The minimum atomic E-state index is -4.40. The summed E-state index contributed by atoms with van der Waals surface area (Å²) in [7, 11) is 0. The molecule has 0 aromatic heterocycles. The molecule has 1 amide bonds. The third kappa shape index (κ3) is 3.47. The average Bonchev–Trinajstić information content (AvgIpc) is 2.24. The van der Waals surface area contributed by atoms with Gasteiger partial charge in [-0.15, -0.1) is 0 Å². The summed E-state index contributed by atoms with van der Waals surface area (Å²) in [5.41, 5.74) is -0.585. The molecular weight excluding hydrogens is 231 g/mol. The van der Waals surface area contributed by atoms with Gasteiger partial charge in [0, 0.05) is 6.92 Å². The van der Waals surface area contributed by atoms with Crippen LogP contribution < -0.4 is 5.32 Å². The Hall–Kier alpha value is -1.52. The fraction of sp³-hybridized carbons (Fsp3) is 0.417. The number of nitrogens with one attached hydrogen (secondary N) is 1. The maximum atomic E-state index is 12.8. The van der Waals surface area contributed by atoms with Crippen molar-refractivity contribution in [1.29, 1.82) is 0 Å². The van der Waals surface area contributed by atoms with E-state index in [0.717, 1.165) is 6.07 Å². The molecule has 0 saturated carbocycles. The molecule has 0 bridgehead atoms. The number of benzene rings is 1. The molecule has 1 aromatic carbocycles. The number of alkyl halides is 3. The average molecular weight is 245 g/mol. The van der Waals surface area contributed by atoms with Crippen LogP contribution in [0.2, 0.25) is 0 Å². The van der Waals surface area contributed by atoms with Crippen LogP contribution in [-0.4, -0.2) is 5.91 Å². The highest BCUT2D eigenvalue weighted by Gasteiger charge is 2.34. The Morgan fingerprint density at radius 1 is 1.35 bits per heavy atom. The van der Waals surface area contributed by atoms with E-state index in [-0.39, 0.29) is 11.5 Å². The van der Waals surface area contributed by atoms with Crippen molar-refractivity contribution in [2.45, 2.75) is 32.5 Å². The van der Waals surface area contributed by atoms with E-state index in [4.69, 9.17) is 0 Å².